The number of nitrogen functional groups attached to an aromatic ring is 1. The molecule has 0 saturated heterocycles. The lowest BCUT2D eigenvalue weighted by atomic mass is 10.3. The third-order valence-corrected chi connectivity index (χ3v) is 2.06. The van der Waals surface area contributed by atoms with Gasteiger partial charge in [-0.3, -0.25) is 4.79 Å². The molecule has 5 heteroatoms. The first-order valence-electron chi connectivity index (χ1n) is 4.81. The average molecular weight is 224 g/mol. The maximum atomic E-state index is 11.3. The summed E-state index contributed by atoms with van der Waals surface area (Å²) in [4.78, 5) is 12.7. The van der Waals surface area contributed by atoms with Gasteiger partial charge in [-0.15, -0.1) is 0 Å². The predicted molar refractivity (Wildman–Crippen MR) is 61.6 cm³/mol. The van der Waals surface area contributed by atoms with Crippen molar-refractivity contribution in [3.63, 3.8) is 0 Å². The molecule has 0 bridgehead atoms. The van der Waals surface area contributed by atoms with Crippen molar-refractivity contribution < 1.29 is 14.3 Å². The van der Waals surface area contributed by atoms with Gasteiger partial charge in [0, 0.05) is 20.2 Å². The number of methoxy groups -OCH3 is 1. The zero-order valence-electron chi connectivity index (χ0n) is 9.69. The summed E-state index contributed by atoms with van der Waals surface area (Å²) in [5.41, 5.74) is 6.18. The van der Waals surface area contributed by atoms with Crippen LogP contribution in [-0.4, -0.2) is 38.6 Å². The van der Waals surface area contributed by atoms with Crippen LogP contribution in [0.4, 0.5) is 5.69 Å². The van der Waals surface area contributed by atoms with Crippen LogP contribution >= 0.6 is 0 Å². The number of likely N-dealkylation sites (N-methyl/N-ethyl adjacent to an activating group) is 1. The molecule has 16 heavy (non-hydrogen) atoms. The Morgan fingerprint density at radius 1 is 1.44 bits per heavy atom. The van der Waals surface area contributed by atoms with E-state index in [9.17, 15) is 4.79 Å². The van der Waals surface area contributed by atoms with Gasteiger partial charge in [0.15, 0.2) is 6.61 Å². The van der Waals surface area contributed by atoms with Gasteiger partial charge in [0.25, 0.3) is 5.91 Å². The van der Waals surface area contributed by atoms with Crippen LogP contribution in [0.2, 0.25) is 0 Å². The van der Waals surface area contributed by atoms with Gasteiger partial charge >= 0.3 is 0 Å². The number of nitrogens with two attached hydrogens (primary N) is 1. The molecule has 1 aromatic rings. The van der Waals surface area contributed by atoms with E-state index in [0.29, 0.717) is 17.2 Å². The van der Waals surface area contributed by atoms with Gasteiger partial charge in [-0.1, -0.05) is 0 Å². The highest BCUT2D eigenvalue weighted by molar-refractivity contribution is 5.77. The van der Waals surface area contributed by atoms with Crippen molar-refractivity contribution >= 4 is 11.6 Å². The molecular weight excluding hydrogens is 208 g/mol. The molecule has 0 aromatic heterocycles. The van der Waals surface area contributed by atoms with Crippen molar-refractivity contribution in [2.24, 2.45) is 0 Å². The second-order valence-electron chi connectivity index (χ2n) is 3.48. The topological polar surface area (TPSA) is 64.8 Å². The van der Waals surface area contributed by atoms with E-state index < -0.39 is 0 Å². The van der Waals surface area contributed by atoms with E-state index in [1.165, 1.54) is 4.90 Å². The molecule has 0 radical (unpaired) electrons. The highest BCUT2D eigenvalue weighted by Crippen LogP contribution is 2.25. The van der Waals surface area contributed by atoms with Gasteiger partial charge < -0.3 is 20.1 Å². The molecule has 88 valence electrons. The quantitative estimate of drug-likeness (QED) is 0.766. The predicted octanol–water partition coefficient (Wildman–Crippen LogP) is 0.744. The molecule has 0 aliphatic carbocycles. The number of ether oxygens (including phenoxy) is 2. The summed E-state index contributed by atoms with van der Waals surface area (Å²) in [5.74, 6) is 1.04. The summed E-state index contributed by atoms with van der Waals surface area (Å²) in [7, 11) is 4.89. The molecule has 0 aliphatic heterocycles. The highest BCUT2D eigenvalue weighted by atomic mass is 16.5. The molecule has 2 N–H and O–H groups in total. The monoisotopic (exact) mass is 224 g/mol. The Kier molecular flexibility index (Phi) is 3.99. The van der Waals surface area contributed by atoms with Gasteiger partial charge in [-0.25, -0.2) is 0 Å². The summed E-state index contributed by atoms with van der Waals surface area (Å²) in [5, 5.41) is 0. The third kappa shape index (κ3) is 3.05. The first-order valence-corrected chi connectivity index (χ1v) is 4.81. The van der Waals surface area contributed by atoms with E-state index in [1.807, 2.05) is 0 Å². The Bertz CT molecular complexity index is 377. The Balaban J connectivity index is 2.62. The molecule has 1 amide bonds. The van der Waals surface area contributed by atoms with Crippen LogP contribution in [0.1, 0.15) is 0 Å². The van der Waals surface area contributed by atoms with Crippen molar-refractivity contribution in [1.82, 2.24) is 4.90 Å². The van der Waals surface area contributed by atoms with Gasteiger partial charge in [0.05, 0.1) is 12.8 Å². The normalized spacial score (nSPS) is 9.69. The largest absolute Gasteiger partial charge is 0.495 e. The molecule has 0 saturated carbocycles. The summed E-state index contributed by atoms with van der Waals surface area (Å²) in [6.45, 7) is -0.00122. The number of hydrogen-bond acceptors (Lipinski definition) is 4. The van der Waals surface area contributed by atoms with E-state index in [1.54, 1.807) is 39.4 Å². The number of nitrogens with zero attached hydrogens (tertiary/aromatic N) is 1. The number of carbonyl (C=O) groups is 1. The second kappa shape index (κ2) is 5.25. The van der Waals surface area contributed by atoms with Crippen LogP contribution in [0.15, 0.2) is 18.2 Å². The molecule has 0 heterocycles. The Hall–Kier alpha value is -1.91. The Morgan fingerprint density at radius 3 is 2.62 bits per heavy atom. The fourth-order valence-corrected chi connectivity index (χ4v) is 1.08. The van der Waals surface area contributed by atoms with Gasteiger partial charge in [-0.05, 0) is 12.1 Å². The van der Waals surface area contributed by atoms with Crippen molar-refractivity contribution in [2.45, 2.75) is 0 Å². The van der Waals surface area contributed by atoms with Crippen LogP contribution in [0.5, 0.6) is 11.5 Å². The van der Waals surface area contributed by atoms with E-state index in [0.717, 1.165) is 0 Å². The lowest BCUT2D eigenvalue weighted by molar-refractivity contribution is -0.130. The summed E-state index contributed by atoms with van der Waals surface area (Å²) < 4.78 is 10.3. The maximum Gasteiger partial charge on any atom is 0.259 e. The minimum absolute atomic E-state index is 0.00122. The summed E-state index contributed by atoms with van der Waals surface area (Å²) >= 11 is 0. The smallest absolute Gasteiger partial charge is 0.259 e. The Morgan fingerprint density at radius 2 is 2.12 bits per heavy atom. The molecule has 0 fully saturated rings. The molecule has 0 unspecified atom stereocenters. The lowest BCUT2D eigenvalue weighted by Crippen LogP contribution is -2.27. The number of hydrogen-bond donors (Lipinski definition) is 1. The number of rotatable bonds is 4. The maximum absolute atomic E-state index is 11.3. The van der Waals surface area contributed by atoms with Gasteiger partial charge in [0.1, 0.15) is 11.5 Å². The van der Waals surface area contributed by atoms with Crippen molar-refractivity contribution in [1.29, 1.82) is 0 Å². The summed E-state index contributed by atoms with van der Waals surface area (Å²) in [6, 6.07) is 5.03. The minimum Gasteiger partial charge on any atom is -0.495 e. The third-order valence-electron chi connectivity index (χ3n) is 2.06. The van der Waals surface area contributed by atoms with Crippen LogP contribution in [-0.2, 0) is 4.79 Å². The molecule has 5 nitrogen and oxygen atoms in total. The molecule has 1 aromatic carbocycles. The fourth-order valence-electron chi connectivity index (χ4n) is 1.08. The highest BCUT2D eigenvalue weighted by Gasteiger charge is 2.06. The van der Waals surface area contributed by atoms with Crippen molar-refractivity contribution in [3.05, 3.63) is 18.2 Å². The van der Waals surface area contributed by atoms with Crippen molar-refractivity contribution in [3.8, 4) is 11.5 Å². The van der Waals surface area contributed by atoms with Crippen LogP contribution in [0.3, 0.4) is 0 Å². The molecular formula is C11H16N2O3. The van der Waals surface area contributed by atoms with Crippen LogP contribution in [0.25, 0.3) is 0 Å². The molecule has 0 aliphatic rings. The first kappa shape index (κ1) is 12.2. The average Bonchev–Trinajstić information content (AvgIpc) is 2.25. The fraction of sp³-hybridized carbons (Fsp3) is 0.364. The van der Waals surface area contributed by atoms with Crippen LogP contribution in [0, 0.1) is 0 Å². The van der Waals surface area contributed by atoms with E-state index in [2.05, 4.69) is 0 Å². The molecule has 1 rings (SSSR count). The zero-order valence-corrected chi connectivity index (χ0v) is 9.69. The van der Waals surface area contributed by atoms with Crippen molar-refractivity contribution in [2.75, 3.05) is 33.5 Å². The second-order valence-corrected chi connectivity index (χ2v) is 3.48. The molecule has 0 atom stereocenters. The van der Waals surface area contributed by atoms with E-state index in [4.69, 9.17) is 15.2 Å². The minimum atomic E-state index is -0.102. The van der Waals surface area contributed by atoms with Gasteiger partial charge in [0.2, 0.25) is 0 Å². The zero-order chi connectivity index (χ0) is 12.1. The lowest BCUT2D eigenvalue weighted by Gasteiger charge is -2.12. The van der Waals surface area contributed by atoms with E-state index in [-0.39, 0.29) is 12.5 Å². The number of amides is 1. The number of anilines is 1. The Labute approximate surface area is 94.7 Å². The van der Waals surface area contributed by atoms with E-state index >= 15 is 0 Å². The SMILES string of the molecule is COc1ccc(OCC(=O)N(C)C)cc1N. The summed E-state index contributed by atoms with van der Waals surface area (Å²) in [6.07, 6.45) is 0. The number of benzene rings is 1. The van der Waals surface area contributed by atoms with Crippen LogP contribution < -0.4 is 15.2 Å². The first-order chi connectivity index (χ1) is 7.54. The molecule has 0 spiro atoms. The standard InChI is InChI=1S/C11H16N2O3/c1-13(2)11(14)7-16-8-4-5-10(15-3)9(12)6-8/h4-6H,7,12H2,1-3H3. The number of carbonyl (C=O) groups excluding carboxylic acids is 1. The van der Waals surface area contributed by atoms with Gasteiger partial charge in [-0.2, -0.15) is 0 Å².